The standard InChI is InChI=1S/C26H38O6/c1-6-25(31,13-20-9-7-16(2)18(4)11-20)24(30)26(32,23(29)22(28)15-27)14-21-10-8-17(3)19(5)12-21/h7-12,22-24,27-32H,6,13-15H2,1-5H3/t22-,23+,24+,25?,26+/m0/s1. The highest BCUT2D eigenvalue weighted by atomic mass is 16.4. The minimum Gasteiger partial charge on any atom is -0.394 e. The van der Waals surface area contributed by atoms with Crippen LogP contribution in [0, 0.1) is 27.7 Å². The molecule has 0 fully saturated rings. The summed E-state index contributed by atoms with van der Waals surface area (Å²) in [4.78, 5) is 0. The SMILES string of the molecule is CCC(O)(Cc1ccc(C)c(C)c1)[C@@H](O)[C@@](O)(Cc1ccc(C)c(C)c1)[C@H](O)[C@@H](O)CO. The molecule has 6 heteroatoms. The van der Waals surface area contributed by atoms with Crippen LogP contribution in [-0.2, 0) is 12.8 Å². The number of benzene rings is 2. The molecule has 6 nitrogen and oxygen atoms in total. The van der Waals surface area contributed by atoms with Crippen LogP contribution in [0.25, 0.3) is 0 Å². The Morgan fingerprint density at radius 2 is 1.22 bits per heavy atom. The highest BCUT2D eigenvalue weighted by Crippen LogP contribution is 2.34. The molecule has 2 rings (SSSR count). The van der Waals surface area contributed by atoms with E-state index < -0.39 is 36.1 Å². The molecule has 1 unspecified atom stereocenters. The maximum atomic E-state index is 11.6. The van der Waals surface area contributed by atoms with Crippen molar-refractivity contribution in [2.45, 2.75) is 83.4 Å². The summed E-state index contributed by atoms with van der Waals surface area (Å²) in [5, 5.41) is 64.6. The molecule has 0 heterocycles. The maximum Gasteiger partial charge on any atom is 0.126 e. The highest BCUT2D eigenvalue weighted by Gasteiger charge is 2.53. The molecule has 2 aromatic rings. The lowest BCUT2D eigenvalue weighted by molar-refractivity contribution is -0.229. The molecule has 6 N–H and O–H groups in total. The van der Waals surface area contributed by atoms with Crippen LogP contribution in [0.2, 0.25) is 0 Å². The lowest BCUT2D eigenvalue weighted by atomic mass is 9.72. The average molecular weight is 447 g/mol. The molecule has 32 heavy (non-hydrogen) atoms. The van der Waals surface area contributed by atoms with E-state index in [1.54, 1.807) is 13.0 Å². The number of hydrogen-bond acceptors (Lipinski definition) is 6. The van der Waals surface area contributed by atoms with E-state index in [2.05, 4.69) is 0 Å². The van der Waals surface area contributed by atoms with Crippen LogP contribution in [0.3, 0.4) is 0 Å². The zero-order valence-corrected chi connectivity index (χ0v) is 19.7. The number of aliphatic hydroxyl groups excluding tert-OH is 4. The largest absolute Gasteiger partial charge is 0.394 e. The van der Waals surface area contributed by atoms with Crippen molar-refractivity contribution in [1.29, 1.82) is 0 Å². The predicted molar refractivity (Wildman–Crippen MR) is 125 cm³/mol. The molecule has 2 aromatic carbocycles. The Hall–Kier alpha value is -1.80. The number of aliphatic hydroxyl groups is 6. The van der Waals surface area contributed by atoms with Gasteiger partial charge in [0.2, 0.25) is 0 Å². The van der Waals surface area contributed by atoms with Crippen LogP contribution < -0.4 is 0 Å². The van der Waals surface area contributed by atoms with Gasteiger partial charge in [-0.2, -0.15) is 0 Å². The summed E-state index contributed by atoms with van der Waals surface area (Å²) in [6.07, 6.45) is -5.46. The molecule has 0 bridgehead atoms. The molecule has 0 saturated heterocycles. The third-order valence-electron chi connectivity index (χ3n) is 6.80. The third kappa shape index (κ3) is 5.57. The molecule has 5 atom stereocenters. The monoisotopic (exact) mass is 446 g/mol. The van der Waals surface area contributed by atoms with Crippen LogP contribution in [0.5, 0.6) is 0 Å². The van der Waals surface area contributed by atoms with Crippen LogP contribution in [0.1, 0.15) is 46.7 Å². The van der Waals surface area contributed by atoms with Crippen LogP contribution in [-0.4, -0.2) is 66.8 Å². The normalized spacial score (nSPS) is 18.5. The van der Waals surface area contributed by atoms with Crippen LogP contribution in [0.15, 0.2) is 36.4 Å². The highest BCUT2D eigenvalue weighted by molar-refractivity contribution is 5.33. The van der Waals surface area contributed by atoms with Crippen molar-refractivity contribution in [2.24, 2.45) is 0 Å². The summed E-state index contributed by atoms with van der Waals surface area (Å²) in [7, 11) is 0. The van der Waals surface area contributed by atoms with Crippen molar-refractivity contribution in [1.82, 2.24) is 0 Å². The average Bonchev–Trinajstić information content (AvgIpc) is 2.76. The van der Waals surface area contributed by atoms with E-state index in [9.17, 15) is 30.6 Å². The number of hydrogen-bond donors (Lipinski definition) is 6. The van der Waals surface area contributed by atoms with Gasteiger partial charge in [-0.25, -0.2) is 0 Å². The van der Waals surface area contributed by atoms with Gasteiger partial charge in [-0.1, -0.05) is 43.3 Å². The van der Waals surface area contributed by atoms with Gasteiger partial charge in [-0.05, 0) is 67.5 Å². The van der Waals surface area contributed by atoms with Crippen LogP contribution in [0.4, 0.5) is 0 Å². The Balaban J connectivity index is 2.48. The fourth-order valence-electron chi connectivity index (χ4n) is 4.18. The van der Waals surface area contributed by atoms with Gasteiger partial charge < -0.3 is 30.6 Å². The summed E-state index contributed by atoms with van der Waals surface area (Å²) in [6.45, 7) is 8.69. The Kier molecular flexibility index (Phi) is 8.62. The fourth-order valence-corrected chi connectivity index (χ4v) is 4.18. The molecule has 0 aromatic heterocycles. The van der Waals surface area contributed by atoms with E-state index in [-0.39, 0.29) is 19.3 Å². The quantitative estimate of drug-likeness (QED) is 0.330. The van der Waals surface area contributed by atoms with Crippen molar-refractivity contribution in [3.05, 3.63) is 69.8 Å². The van der Waals surface area contributed by atoms with Gasteiger partial charge in [0.05, 0.1) is 12.2 Å². The number of rotatable bonds is 10. The minimum absolute atomic E-state index is 0.0446. The lowest BCUT2D eigenvalue weighted by Crippen LogP contribution is -2.66. The molecular weight excluding hydrogens is 408 g/mol. The number of aryl methyl sites for hydroxylation is 4. The third-order valence-corrected chi connectivity index (χ3v) is 6.80. The summed E-state index contributed by atoms with van der Waals surface area (Å²) in [5.74, 6) is 0. The van der Waals surface area contributed by atoms with Gasteiger partial charge in [0.25, 0.3) is 0 Å². The van der Waals surface area contributed by atoms with E-state index in [0.717, 1.165) is 27.8 Å². The molecule has 0 radical (unpaired) electrons. The summed E-state index contributed by atoms with van der Waals surface area (Å²) in [5.41, 5.74) is 1.47. The zero-order chi connectivity index (χ0) is 24.3. The molecule has 0 spiro atoms. The molecular formula is C26H38O6. The lowest BCUT2D eigenvalue weighted by Gasteiger charge is -2.46. The van der Waals surface area contributed by atoms with Crippen molar-refractivity contribution < 1.29 is 30.6 Å². The van der Waals surface area contributed by atoms with E-state index in [4.69, 9.17) is 0 Å². The summed E-state index contributed by atoms with van der Waals surface area (Å²) >= 11 is 0. The van der Waals surface area contributed by atoms with Gasteiger partial charge in [-0.3, -0.25) is 0 Å². The topological polar surface area (TPSA) is 121 Å². The first-order valence-corrected chi connectivity index (χ1v) is 11.1. The van der Waals surface area contributed by atoms with E-state index in [1.165, 1.54) is 0 Å². The Labute approximate surface area is 190 Å². The second-order valence-corrected chi connectivity index (χ2v) is 9.24. The predicted octanol–water partition coefficient (Wildman–Crippen LogP) is 1.65. The summed E-state index contributed by atoms with van der Waals surface area (Å²) < 4.78 is 0. The zero-order valence-electron chi connectivity index (χ0n) is 19.7. The van der Waals surface area contributed by atoms with E-state index in [1.807, 2.05) is 58.0 Å². The van der Waals surface area contributed by atoms with E-state index >= 15 is 0 Å². The Morgan fingerprint density at radius 1 is 0.750 bits per heavy atom. The molecule has 178 valence electrons. The van der Waals surface area contributed by atoms with Gasteiger partial charge in [0.1, 0.15) is 23.9 Å². The van der Waals surface area contributed by atoms with Gasteiger partial charge in [0.15, 0.2) is 0 Å². The van der Waals surface area contributed by atoms with Crippen molar-refractivity contribution in [3.63, 3.8) is 0 Å². The van der Waals surface area contributed by atoms with Gasteiger partial charge >= 0.3 is 0 Å². The smallest absolute Gasteiger partial charge is 0.126 e. The van der Waals surface area contributed by atoms with Crippen molar-refractivity contribution in [2.75, 3.05) is 6.61 Å². The first-order chi connectivity index (χ1) is 14.9. The maximum absolute atomic E-state index is 11.6. The Morgan fingerprint density at radius 3 is 1.62 bits per heavy atom. The first kappa shape index (κ1) is 26.5. The Bertz CT molecular complexity index is 913. The van der Waals surface area contributed by atoms with Crippen LogP contribution >= 0.6 is 0 Å². The molecule has 0 aliphatic carbocycles. The van der Waals surface area contributed by atoms with E-state index in [0.29, 0.717) is 5.56 Å². The minimum atomic E-state index is -2.31. The van der Waals surface area contributed by atoms with Crippen molar-refractivity contribution >= 4 is 0 Å². The molecule has 0 saturated carbocycles. The first-order valence-electron chi connectivity index (χ1n) is 11.1. The molecule has 0 amide bonds. The molecule has 0 aliphatic heterocycles. The summed E-state index contributed by atoms with van der Waals surface area (Å²) in [6, 6.07) is 11.2. The van der Waals surface area contributed by atoms with Gasteiger partial charge in [0, 0.05) is 12.8 Å². The second kappa shape index (κ2) is 10.4. The molecule has 0 aliphatic rings. The second-order valence-electron chi connectivity index (χ2n) is 9.24. The van der Waals surface area contributed by atoms with Crippen molar-refractivity contribution in [3.8, 4) is 0 Å². The van der Waals surface area contributed by atoms with Gasteiger partial charge in [-0.15, -0.1) is 0 Å². The fraction of sp³-hybridized carbons (Fsp3) is 0.538.